The second-order valence-corrected chi connectivity index (χ2v) is 4.94. The fourth-order valence-corrected chi connectivity index (χ4v) is 2.54. The Bertz CT molecular complexity index is 871. The highest BCUT2D eigenvalue weighted by Gasteiger charge is 2.20. The molecule has 2 heterocycles. The number of rotatable bonds is 4. The molecule has 1 aromatic carbocycles. The molecule has 7 heteroatoms. The Morgan fingerprint density at radius 2 is 2.18 bits per heavy atom. The SMILES string of the molecule is COC[C@@H](c1ccnn1C)n1cnc2cccc(F)c2c1=O. The van der Waals surface area contributed by atoms with Crippen LogP contribution in [0.15, 0.2) is 41.6 Å². The summed E-state index contributed by atoms with van der Waals surface area (Å²) in [5.74, 6) is -0.578. The number of halogens is 1. The molecule has 22 heavy (non-hydrogen) atoms. The summed E-state index contributed by atoms with van der Waals surface area (Å²) >= 11 is 0. The minimum absolute atomic E-state index is 0.0201. The number of benzene rings is 1. The van der Waals surface area contributed by atoms with Gasteiger partial charge in [0.05, 0.1) is 24.1 Å². The summed E-state index contributed by atoms with van der Waals surface area (Å²) in [5, 5.41) is 4.09. The van der Waals surface area contributed by atoms with Gasteiger partial charge in [-0.2, -0.15) is 5.10 Å². The van der Waals surface area contributed by atoms with E-state index in [0.29, 0.717) is 5.52 Å². The third-order valence-electron chi connectivity index (χ3n) is 3.62. The number of methoxy groups -OCH3 is 1. The van der Waals surface area contributed by atoms with Crippen LogP contribution in [0, 0.1) is 5.82 Å². The van der Waals surface area contributed by atoms with Crippen molar-refractivity contribution in [3.8, 4) is 0 Å². The molecule has 0 saturated carbocycles. The smallest absolute Gasteiger partial charge is 0.264 e. The van der Waals surface area contributed by atoms with Crippen molar-refractivity contribution in [3.05, 3.63) is 58.7 Å². The zero-order valence-corrected chi connectivity index (χ0v) is 12.2. The van der Waals surface area contributed by atoms with Crippen LogP contribution in [0.25, 0.3) is 10.9 Å². The Labute approximate surface area is 125 Å². The molecular weight excluding hydrogens is 287 g/mol. The average Bonchev–Trinajstić information content (AvgIpc) is 2.92. The molecule has 0 fully saturated rings. The van der Waals surface area contributed by atoms with Crippen LogP contribution in [0.1, 0.15) is 11.7 Å². The molecule has 1 atom stereocenters. The number of fused-ring (bicyclic) bond motifs is 1. The maximum absolute atomic E-state index is 14.0. The predicted molar refractivity (Wildman–Crippen MR) is 79.2 cm³/mol. The quantitative estimate of drug-likeness (QED) is 0.733. The van der Waals surface area contributed by atoms with Gasteiger partial charge in [0.2, 0.25) is 0 Å². The maximum atomic E-state index is 14.0. The van der Waals surface area contributed by atoms with Crippen LogP contribution in [0.3, 0.4) is 0 Å². The van der Waals surface area contributed by atoms with Gasteiger partial charge in [-0.3, -0.25) is 14.0 Å². The topological polar surface area (TPSA) is 61.9 Å². The molecule has 0 unspecified atom stereocenters. The first kappa shape index (κ1) is 14.4. The fourth-order valence-electron chi connectivity index (χ4n) is 2.54. The highest BCUT2D eigenvalue weighted by Crippen LogP contribution is 2.18. The number of hydrogen-bond acceptors (Lipinski definition) is 4. The molecule has 0 aliphatic carbocycles. The van der Waals surface area contributed by atoms with E-state index in [1.54, 1.807) is 37.2 Å². The van der Waals surface area contributed by atoms with Crippen LogP contribution in [0.2, 0.25) is 0 Å². The van der Waals surface area contributed by atoms with Crippen molar-refractivity contribution < 1.29 is 9.13 Å². The zero-order chi connectivity index (χ0) is 15.7. The number of aromatic nitrogens is 4. The summed E-state index contributed by atoms with van der Waals surface area (Å²) in [4.78, 5) is 16.9. The summed E-state index contributed by atoms with van der Waals surface area (Å²) in [6.07, 6.45) is 3.05. The van der Waals surface area contributed by atoms with Crippen LogP contribution in [0.4, 0.5) is 4.39 Å². The molecule has 0 amide bonds. The highest BCUT2D eigenvalue weighted by atomic mass is 19.1. The Kier molecular flexibility index (Phi) is 3.72. The molecule has 0 radical (unpaired) electrons. The molecule has 0 N–H and O–H groups in total. The first-order valence-electron chi connectivity index (χ1n) is 6.75. The molecule has 0 spiro atoms. The van der Waals surface area contributed by atoms with E-state index in [2.05, 4.69) is 10.1 Å². The van der Waals surface area contributed by atoms with Gasteiger partial charge in [-0.05, 0) is 18.2 Å². The molecule has 0 aliphatic rings. The average molecular weight is 302 g/mol. The second kappa shape index (κ2) is 5.69. The first-order chi connectivity index (χ1) is 10.6. The Morgan fingerprint density at radius 1 is 1.36 bits per heavy atom. The van der Waals surface area contributed by atoms with Crippen LogP contribution < -0.4 is 5.56 Å². The van der Waals surface area contributed by atoms with Gasteiger partial charge in [-0.25, -0.2) is 9.37 Å². The summed E-state index contributed by atoms with van der Waals surface area (Å²) < 4.78 is 22.2. The lowest BCUT2D eigenvalue weighted by atomic mass is 10.2. The van der Waals surface area contributed by atoms with Crippen molar-refractivity contribution in [1.29, 1.82) is 0 Å². The Balaban J connectivity index is 2.23. The second-order valence-electron chi connectivity index (χ2n) is 4.94. The van der Waals surface area contributed by atoms with Crippen LogP contribution in [-0.2, 0) is 11.8 Å². The molecule has 3 rings (SSSR count). The van der Waals surface area contributed by atoms with E-state index in [1.165, 1.54) is 23.0 Å². The van der Waals surface area contributed by atoms with Gasteiger partial charge in [0, 0.05) is 20.4 Å². The van der Waals surface area contributed by atoms with Gasteiger partial charge in [-0.15, -0.1) is 0 Å². The van der Waals surface area contributed by atoms with Crippen molar-refractivity contribution in [3.63, 3.8) is 0 Å². The third kappa shape index (κ3) is 2.29. The molecule has 2 aromatic heterocycles. The van der Waals surface area contributed by atoms with Gasteiger partial charge in [0.15, 0.2) is 0 Å². The zero-order valence-electron chi connectivity index (χ0n) is 12.2. The molecule has 0 bridgehead atoms. The number of ether oxygens (including phenoxy) is 1. The van der Waals surface area contributed by atoms with Crippen molar-refractivity contribution in [2.75, 3.05) is 13.7 Å². The minimum atomic E-state index is -0.578. The highest BCUT2D eigenvalue weighted by molar-refractivity contribution is 5.77. The monoisotopic (exact) mass is 302 g/mol. The summed E-state index contributed by atoms with van der Waals surface area (Å²) in [5.41, 5.74) is 0.676. The largest absolute Gasteiger partial charge is 0.382 e. The van der Waals surface area contributed by atoms with E-state index >= 15 is 0 Å². The molecule has 0 saturated heterocycles. The molecule has 3 aromatic rings. The lowest BCUT2D eigenvalue weighted by molar-refractivity contribution is 0.164. The molecule has 114 valence electrons. The van der Waals surface area contributed by atoms with Gasteiger partial charge in [0.1, 0.15) is 17.2 Å². The Morgan fingerprint density at radius 3 is 2.86 bits per heavy atom. The molecular formula is C15H15FN4O2. The van der Waals surface area contributed by atoms with E-state index < -0.39 is 17.4 Å². The minimum Gasteiger partial charge on any atom is -0.382 e. The van der Waals surface area contributed by atoms with E-state index in [1.807, 2.05) is 0 Å². The van der Waals surface area contributed by atoms with Crippen molar-refractivity contribution in [2.45, 2.75) is 6.04 Å². The van der Waals surface area contributed by atoms with Crippen LogP contribution in [0.5, 0.6) is 0 Å². The number of hydrogen-bond donors (Lipinski definition) is 0. The van der Waals surface area contributed by atoms with Gasteiger partial charge < -0.3 is 4.74 Å². The number of aryl methyl sites for hydroxylation is 1. The third-order valence-corrected chi connectivity index (χ3v) is 3.62. The first-order valence-corrected chi connectivity index (χ1v) is 6.75. The van der Waals surface area contributed by atoms with E-state index in [4.69, 9.17) is 4.74 Å². The van der Waals surface area contributed by atoms with E-state index in [-0.39, 0.29) is 12.0 Å². The summed E-state index contributed by atoms with van der Waals surface area (Å²) in [6, 6.07) is 5.76. The molecule has 0 aliphatic heterocycles. The summed E-state index contributed by atoms with van der Waals surface area (Å²) in [7, 11) is 3.32. The van der Waals surface area contributed by atoms with Crippen LogP contribution in [-0.4, -0.2) is 33.0 Å². The van der Waals surface area contributed by atoms with Crippen LogP contribution >= 0.6 is 0 Å². The van der Waals surface area contributed by atoms with Crippen molar-refractivity contribution in [2.24, 2.45) is 7.05 Å². The fraction of sp³-hybridized carbons (Fsp3) is 0.267. The number of nitrogens with zero attached hydrogens (tertiary/aromatic N) is 4. The van der Waals surface area contributed by atoms with E-state index in [9.17, 15) is 9.18 Å². The van der Waals surface area contributed by atoms with Gasteiger partial charge >= 0.3 is 0 Å². The van der Waals surface area contributed by atoms with Crippen molar-refractivity contribution in [1.82, 2.24) is 19.3 Å². The Hall–Kier alpha value is -2.54. The lowest BCUT2D eigenvalue weighted by Crippen LogP contribution is -2.30. The van der Waals surface area contributed by atoms with Gasteiger partial charge in [0.25, 0.3) is 5.56 Å². The lowest BCUT2D eigenvalue weighted by Gasteiger charge is -2.19. The normalized spacial score (nSPS) is 12.7. The standard InChI is InChI=1S/C15H15FN4O2/c1-19-12(6-7-18-19)13(8-22-2)20-9-17-11-5-3-4-10(16)14(11)15(20)21/h3-7,9,13H,8H2,1-2H3/t13-/m0/s1. The van der Waals surface area contributed by atoms with Crippen molar-refractivity contribution >= 4 is 10.9 Å². The predicted octanol–water partition coefficient (Wildman–Crippen LogP) is 1.50. The van der Waals surface area contributed by atoms with E-state index in [0.717, 1.165) is 5.69 Å². The maximum Gasteiger partial charge on any atom is 0.264 e. The molecule has 6 nitrogen and oxygen atoms in total. The van der Waals surface area contributed by atoms with Gasteiger partial charge in [-0.1, -0.05) is 6.07 Å². The summed E-state index contributed by atoms with van der Waals surface area (Å²) in [6.45, 7) is 0.251.